The summed E-state index contributed by atoms with van der Waals surface area (Å²) in [6.07, 6.45) is -2.78. The van der Waals surface area contributed by atoms with E-state index >= 15 is 0 Å². The lowest BCUT2D eigenvalue weighted by atomic mass is 10.1. The highest BCUT2D eigenvalue weighted by atomic mass is 31.2. The van der Waals surface area contributed by atoms with Gasteiger partial charge in [-0.05, 0) is 6.92 Å². The number of phosphoric acid groups is 1. The predicted octanol–water partition coefficient (Wildman–Crippen LogP) is 0.908. The van der Waals surface area contributed by atoms with Crippen molar-refractivity contribution in [3.05, 3.63) is 0 Å². The molecule has 0 aromatic carbocycles. The smallest absolute Gasteiger partial charge is 0.366 e. The van der Waals surface area contributed by atoms with Crippen LogP contribution in [0.4, 0.5) is 8.78 Å². The number of rotatable bonds is 3. The molecule has 0 amide bonds. The first-order chi connectivity index (χ1) is 6.21. The van der Waals surface area contributed by atoms with Crippen LogP contribution in [0.1, 0.15) is 13.3 Å². The molecule has 8 heteroatoms. The third kappa shape index (κ3) is 3.25. The van der Waals surface area contributed by atoms with Gasteiger partial charge in [-0.15, -0.1) is 0 Å². The van der Waals surface area contributed by atoms with E-state index in [-0.39, 0.29) is 0 Å². The first-order valence-corrected chi connectivity index (χ1v) is 5.47. The number of hydrogen-bond acceptors (Lipinski definition) is 3. The van der Waals surface area contributed by atoms with Gasteiger partial charge in [-0.1, -0.05) is 0 Å². The number of halogens is 2. The molecule has 0 unspecified atom stereocenters. The van der Waals surface area contributed by atoms with Crippen LogP contribution in [0.5, 0.6) is 0 Å². The maximum absolute atomic E-state index is 12.8. The van der Waals surface area contributed by atoms with Gasteiger partial charge in [-0.3, -0.25) is 4.52 Å². The second kappa shape index (κ2) is 3.83. The molecular weight excluding hydrogens is 221 g/mol. The van der Waals surface area contributed by atoms with Crippen LogP contribution in [0.3, 0.4) is 0 Å². The van der Waals surface area contributed by atoms with E-state index in [0.717, 1.165) is 0 Å². The zero-order valence-corrected chi connectivity index (χ0v) is 8.29. The summed E-state index contributed by atoms with van der Waals surface area (Å²) < 4.78 is 44.7. The van der Waals surface area contributed by atoms with Gasteiger partial charge in [0.25, 0.3) is 5.92 Å². The van der Waals surface area contributed by atoms with Crippen LogP contribution in [-0.2, 0) is 13.8 Å². The van der Waals surface area contributed by atoms with E-state index in [4.69, 9.17) is 14.5 Å². The first kappa shape index (κ1) is 12.0. The van der Waals surface area contributed by atoms with Crippen molar-refractivity contribution in [1.82, 2.24) is 0 Å². The molecule has 5 nitrogen and oxygen atoms in total. The molecule has 1 fully saturated rings. The summed E-state index contributed by atoms with van der Waals surface area (Å²) in [5, 5.41) is 0. The van der Waals surface area contributed by atoms with Crippen LogP contribution in [-0.4, -0.2) is 34.5 Å². The summed E-state index contributed by atoms with van der Waals surface area (Å²) in [5.41, 5.74) is 0. The maximum atomic E-state index is 12.8. The summed E-state index contributed by atoms with van der Waals surface area (Å²) in [6, 6.07) is 0. The third-order valence-electron chi connectivity index (χ3n) is 1.92. The summed E-state index contributed by atoms with van der Waals surface area (Å²) >= 11 is 0. The molecule has 84 valence electrons. The molecule has 2 N–H and O–H groups in total. The van der Waals surface area contributed by atoms with Crippen molar-refractivity contribution in [2.45, 2.75) is 31.5 Å². The van der Waals surface area contributed by atoms with Crippen molar-refractivity contribution in [3.63, 3.8) is 0 Å². The van der Waals surface area contributed by atoms with E-state index in [1.165, 1.54) is 6.92 Å². The molecule has 0 aromatic rings. The first-order valence-electron chi connectivity index (χ1n) is 3.94. The van der Waals surface area contributed by atoms with Crippen molar-refractivity contribution in [2.24, 2.45) is 0 Å². The molecule has 1 aliphatic heterocycles. The number of phosphoric ester groups is 1. The number of hydrogen-bond donors (Lipinski definition) is 2. The Hall–Kier alpha value is -0.0700. The molecular formula is C6H11F2O5P. The molecule has 1 aliphatic rings. The summed E-state index contributed by atoms with van der Waals surface area (Å²) in [5.74, 6) is -2.96. The van der Waals surface area contributed by atoms with Crippen molar-refractivity contribution < 1.29 is 32.4 Å². The minimum atomic E-state index is -4.60. The molecule has 14 heavy (non-hydrogen) atoms. The highest BCUT2D eigenvalue weighted by Crippen LogP contribution is 2.40. The van der Waals surface area contributed by atoms with Crippen LogP contribution in [0.25, 0.3) is 0 Å². The van der Waals surface area contributed by atoms with E-state index < -0.39 is 39.0 Å². The van der Waals surface area contributed by atoms with Gasteiger partial charge in [0.15, 0.2) is 0 Å². The Labute approximate surface area is 79.3 Å². The van der Waals surface area contributed by atoms with Crippen LogP contribution in [0.15, 0.2) is 0 Å². The molecule has 1 saturated heterocycles. The van der Waals surface area contributed by atoms with E-state index in [9.17, 15) is 13.3 Å². The lowest BCUT2D eigenvalue weighted by Gasteiger charge is -2.11. The number of alkyl halides is 2. The molecule has 0 aliphatic carbocycles. The Morgan fingerprint density at radius 2 is 2.21 bits per heavy atom. The van der Waals surface area contributed by atoms with Gasteiger partial charge >= 0.3 is 7.82 Å². The fraction of sp³-hybridized carbons (Fsp3) is 1.00. The summed E-state index contributed by atoms with van der Waals surface area (Å²) in [4.78, 5) is 16.6. The molecule has 0 bridgehead atoms. The average Bonchev–Trinajstić information content (AvgIpc) is 2.21. The van der Waals surface area contributed by atoms with Gasteiger partial charge in [0.2, 0.25) is 0 Å². The van der Waals surface area contributed by atoms with E-state index in [0.29, 0.717) is 0 Å². The lowest BCUT2D eigenvalue weighted by Crippen LogP contribution is -2.24. The van der Waals surface area contributed by atoms with Gasteiger partial charge < -0.3 is 14.5 Å². The third-order valence-corrected chi connectivity index (χ3v) is 2.41. The second-order valence-electron chi connectivity index (χ2n) is 3.15. The van der Waals surface area contributed by atoms with Crippen LogP contribution in [0.2, 0.25) is 0 Å². The van der Waals surface area contributed by atoms with Gasteiger partial charge in [0, 0.05) is 6.42 Å². The molecule has 1 heterocycles. The van der Waals surface area contributed by atoms with Crippen LogP contribution in [0, 0.1) is 0 Å². The summed E-state index contributed by atoms with van der Waals surface area (Å²) in [7, 11) is -4.60. The van der Waals surface area contributed by atoms with Crippen molar-refractivity contribution in [3.8, 4) is 0 Å². The predicted molar refractivity (Wildman–Crippen MR) is 41.9 cm³/mol. The molecule has 0 spiro atoms. The normalized spacial score (nSPS) is 32.1. The zero-order valence-electron chi connectivity index (χ0n) is 7.39. The fourth-order valence-corrected chi connectivity index (χ4v) is 1.54. The van der Waals surface area contributed by atoms with Crippen molar-refractivity contribution in [2.75, 3.05) is 6.61 Å². The topological polar surface area (TPSA) is 76.0 Å². The minimum absolute atomic E-state index is 0.524. The highest BCUT2D eigenvalue weighted by Gasteiger charge is 2.47. The highest BCUT2D eigenvalue weighted by molar-refractivity contribution is 7.46. The lowest BCUT2D eigenvalue weighted by molar-refractivity contribution is -0.0674. The fourth-order valence-electron chi connectivity index (χ4n) is 1.18. The quantitative estimate of drug-likeness (QED) is 0.707. The Morgan fingerprint density at radius 1 is 1.64 bits per heavy atom. The van der Waals surface area contributed by atoms with Gasteiger partial charge in [-0.25, -0.2) is 13.3 Å². The zero-order chi connectivity index (χ0) is 11.0. The SMILES string of the molecule is C[C@@H]1O[C@H](COP(=O)(O)O)CC1(F)F. The molecule has 0 radical (unpaired) electrons. The van der Waals surface area contributed by atoms with Crippen LogP contribution < -0.4 is 0 Å². The monoisotopic (exact) mass is 232 g/mol. The number of ether oxygens (including phenoxy) is 1. The molecule has 0 saturated carbocycles. The minimum Gasteiger partial charge on any atom is -0.366 e. The van der Waals surface area contributed by atoms with E-state index in [2.05, 4.69) is 4.52 Å². The van der Waals surface area contributed by atoms with Gasteiger partial charge in [-0.2, -0.15) is 0 Å². The Balaban J connectivity index is 2.40. The Morgan fingerprint density at radius 3 is 2.57 bits per heavy atom. The Bertz CT molecular complexity index is 253. The van der Waals surface area contributed by atoms with Crippen molar-refractivity contribution in [1.29, 1.82) is 0 Å². The van der Waals surface area contributed by atoms with E-state index in [1.807, 2.05) is 0 Å². The standard InChI is InChI=1S/C6H11F2O5P/c1-4-6(7,8)2-5(13-4)3-12-14(9,10)11/h4-5H,2-3H2,1H3,(H2,9,10,11)/t4-,5-/m0/s1. The molecule has 1 rings (SSSR count). The molecule has 2 atom stereocenters. The van der Waals surface area contributed by atoms with Gasteiger partial charge in [0.05, 0.1) is 12.7 Å². The van der Waals surface area contributed by atoms with E-state index in [1.54, 1.807) is 0 Å². The van der Waals surface area contributed by atoms with Crippen molar-refractivity contribution >= 4 is 7.82 Å². The largest absolute Gasteiger partial charge is 0.469 e. The van der Waals surface area contributed by atoms with Crippen LogP contribution >= 0.6 is 7.82 Å². The average molecular weight is 232 g/mol. The second-order valence-corrected chi connectivity index (χ2v) is 4.39. The van der Waals surface area contributed by atoms with Gasteiger partial charge in [0.1, 0.15) is 6.10 Å². The molecule has 0 aromatic heterocycles. The summed E-state index contributed by atoms with van der Waals surface area (Å²) in [6.45, 7) is 0.682. The Kier molecular flexibility index (Phi) is 3.28. The maximum Gasteiger partial charge on any atom is 0.469 e.